The van der Waals surface area contributed by atoms with Gasteiger partial charge in [-0.2, -0.15) is 0 Å². The molecule has 0 saturated carbocycles. The lowest BCUT2D eigenvalue weighted by atomic mass is 9.69. The Kier molecular flexibility index (Phi) is 7.61. The molecule has 0 heterocycles. The molecule has 3 aromatic rings. The first-order valence-corrected chi connectivity index (χ1v) is 15.3. The van der Waals surface area contributed by atoms with Crippen molar-refractivity contribution in [3.8, 4) is 5.75 Å². The highest BCUT2D eigenvalue weighted by molar-refractivity contribution is 6.78. The van der Waals surface area contributed by atoms with Crippen LogP contribution in [-0.4, -0.2) is 8.32 Å². The predicted molar refractivity (Wildman–Crippen MR) is 148 cm³/mol. The molecule has 0 bridgehead atoms. The van der Waals surface area contributed by atoms with Crippen molar-refractivity contribution in [3.05, 3.63) is 94.6 Å². The summed E-state index contributed by atoms with van der Waals surface area (Å²) in [7, 11) is -2.08. The number of anilines is 1. The monoisotopic (exact) mass is 507 g/mol. The lowest BCUT2D eigenvalue weighted by Crippen LogP contribution is -2.50. The molecule has 36 heavy (non-hydrogen) atoms. The maximum absolute atomic E-state index is 14.6. The molecule has 0 aliphatic heterocycles. The van der Waals surface area contributed by atoms with E-state index < -0.39 is 14.1 Å². The van der Waals surface area contributed by atoms with E-state index in [0.717, 1.165) is 29.7 Å². The van der Waals surface area contributed by atoms with Crippen LogP contribution in [0.1, 0.15) is 82.1 Å². The first-order valence-electron chi connectivity index (χ1n) is 13.2. The Labute approximate surface area is 216 Å². The summed E-state index contributed by atoms with van der Waals surface area (Å²) in [6, 6.07) is 18.3. The summed E-state index contributed by atoms with van der Waals surface area (Å²) < 4.78 is 35.2. The van der Waals surface area contributed by atoms with Crippen LogP contribution in [0.2, 0.25) is 16.6 Å². The van der Waals surface area contributed by atoms with Gasteiger partial charge in [-0.05, 0) is 94.0 Å². The number of fused-ring (bicyclic) bond motifs is 1. The Morgan fingerprint density at radius 2 is 1.42 bits per heavy atom. The van der Waals surface area contributed by atoms with Gasteiger partial charge in [0.15, 0.2) is 0 Å². The van der Waals surface area contributed by atoms with E-state index in [2.05, 4.69) is 59.7 Å². The SMILES string of the molecule is CC(C)[Si](Oc1ccc2c(c1)CC[C@H](c1ccc(F)cc1)[C@@H]2c1ccc(N)c(F)c1)(C(C)C)C(C)C. The van der Waals surface area contributed by atoms with E-state index >= 15 is 0 Å². The molecule has 2 atom stereocenters. The summed E-state index contributed by atoms with van der Waals surface area (Å²) >= 11 is 0. The van der Waals surface area contributed by atoms with E-state index in [0.29, 0.717) is 16.6 Å². The third-order valence-corrected chi connectivity index (χ3v) is 14.3. The normalized spacial score (nSPS) is 18.1. The molecular weight excluding hydrogens is 468 g/mol. The van der Waals surface area contributed by atoms with E-state index in [-0.39, 0.29) is 23.3 Å². The van der Waals surface area contributed by atoms with Crippen molar-refractivity contribution in [2.24, 2.45) is 0 Å². The molecule has 2 nitrogen and oxygen atoms in total. The number of nitrogens with two attached hydrogens (primary N) is 1. The van der Waals surface area contributed by atoms with Crippen molar-refractivity contribution >= 4 is 14.0 Å². The van der Waals surface area contributed by atoms with Crippen LogP contribution >= 0.6 is 0 Å². The fraction of sp³-hybridized carbons (Fsp3) is 0.419. The van der Waals surface area contributed by atoms with E-state index in [1.165, 1.54) is 23.3 Å². The minimum absolute atomic E-state index is 0.0503. The fourth-order valence-electron chi connectivity index (χ4n) is 6.64. The fourth-order valence-corrected chi connectivity index (χ4v) is 11.9. The van der Waals surface area contributed by atoms with Gasteiger partial charge in [0, 0.05) is 5.92 Å². The van der Waals surface area contributed by atoms with Crippen molar-refractivity contribution in [3.63, 3.8) is 0 Å². The molecule has 5 heteroatoms. The third kappa shape index (κ3) is 4.82. The molecule has 0 radical (unpaired) electrons. The van der Waals surface area contributed by atoms with Crippen LogP contribution in [0.4, 0.5) is 14.5 Å². The summed E-state index contributed by atoms with van der Waals surface area (Å²) in [6.07, 6.45) is 1.78. The summed E-state index contributed by atoms with van der Waals surface area (Å²) in [5.74, 6) is 0.354. The largest absolute Gasteiger partial charge is 0.543 e. The first-order chi connectivity index (χ1) is 17.0. The van der Waals surface area contributed by atoms with E-state index in [1.54, 1.807) is 12.1 Å². The average molecular weight is 508 g/mol. The minimum Gasteiger partial charge on any atom is -0.543 e. The van der Waals surface area contributed by atoms with Crippen molar-refractivity contribution in [1.29, 1.82) is 0 Å². The van der Waals surface area contributed by atoms with Crippen LogP contribution in [0.25, 0.3) is 0 Å². The van der Waals surface area contributed by atoms with E-state index in [1.807, 2.05) is 18.2 Å². The summed E-state index contributed by atoms with van der Waals surface area (Å²) in [5.41, 5.74) is 11.8. The van der Waals surface area contributed by atoms with Gasteiger partial charge in [0.1, 0.15) is 17.4 Å². The van der Waals surface area contributed by atoms with Crippen LogP contribution in [-0.2, 0) is 6.42 Å². The van der Waals surface area contributed by atoms with Gasteiger partial charge in [-0.3, -0.25) is 0 Å². The average Bonchev–Trinajstić information content (AvgIpc) is 2.83. The number of hydrogen-bond acceptors (Lipinski definition) is 2. The number of nitrogen functional groups attached to an aromatic ring is 1. The van der Waals surface area contributed by atoms with Crippen LogP contribution in [0, 0.1) is 11.6 Å². The highest BCUT2D eigenvalue weighted by Crippen LogP contribution is 2.48. The summed E-state index contributed by atoms with van der Waals surface area (Å²) in [6.45, 7) is 13.8. The maximum atomic E-state index is 14.6. The molecular formula is C31H39F2NOSi. The molecule has 0 fully saturated rings. The Bertz CT molecular complexity index is 1180. The van der Waals surface area contributed by atoms with Crippen molar-refractivity contribution in [1.82, 2.24) is 0 Å². The second kappa shape index (κ2) is 10.4. The zero-order chi connectivity index (χ0) is 26.2. The Morgan fingerprint density at radius 3 is 2.00 bits per heavy atom. The number of aryl methyl sites for hydroxylation is 1. The smallest absolute Gasteiger partial charge is 0.258 e. The summed E-state index contributed by atoms with van der Waals surface area (Å²) in [5, 5.41) is 0. The van der Waals surface area contributed by atoms with Gasteiger partial charge in [0.05, 0.1) is 5.69 Å². The van der Waals surface area contributed by atoms with Gasteiger partial charge in [0.2, 0.25) is 0 Å². The zero-order valence-electron chi connectivity index (χ0n) is 22.3. The number of halogens is 2. The Balaban J connectivity index is 1.79. The van der Waals surface area contributed by atoms with Gasteiger partial charge in [0.25, 0.3) is 8.32 Å². The van der Waals surface area contributed by atoms with Crippen LogP contribution in [0.15, 0.2) is 60.7 Å². The van der Waals surface area contributed by atoms with Gasteiger partial charge >= 0.3 is 0 Å². The molecule has 0 spiro atoms. The van der Waals surface area contributed by atoms with Crippen molar-refractivity contribution in [2.45, 2.75) is 82.8 Å². The first kappa shape index (κ1) is 26.4. The molecule has 3 aromatic carbocycles. The van der Waals surface area contributed by atoms with Crippen LogP contribution in [0.3, 0.4) is 0 Å². The molecule has 0 amide bonds. The summed E-state index contributed by atoms with van der Waals surface area (Å²) in [4.78, 5) is 0. The molecule has 0 aromatic heterocycles. The zero-order valence-corrected chi connectivity index (χ0v) is 23.3. The van der Waals surface area contributed by atoms with E-state index in [9.17, 15) is 8.78 Å². The van der Waals surface area contributed by atoms with Gasteiger partial charge in [-0.25, -0.2) is 8.78 Å². The Morgan fingerprint density at radius 1 is 0.806 bits per heavy atom. The van der Waals surface area contributed by atoms with Gasteiger partial charge < -0.3 is 10.2 Å². The van der Waals surface area contributed by atoms with Crippen molar-refractivity contribution < 1.29 is 13.2 Å². The standard InChI is InChI=1S/C31H39F2NOSi/c1-19(2)36(20(3)4,21(5)6)35-26-13-15-28-23(17-26)9-14-27(22-7-11-25(32)12-8-22)31(28)24-10-16-30(34)29(33)18-24/h7-8,10-13,15-21,27,31H,9,14,34H2,1-6H3/t27-,31+/m1/s1. The van der Waals surface area contributed by atoms with Crippen LogP contribution < -0.4 is 10.2 Å². The molecule has 0 saturated heterocycles. The molecule has 4 rings (SSSR count). The van der Waals surface area contributed by atoms with Gasteiger partial charge in [-0.1, -0.05) is 65.8 Å². The third-order valence-electron chi connectivity index (χ3n) is 8.26. The van der Waals surface area contributed by atoms with Crippen molar-refractivity contribution in [2.75, 3.05) is 5.73 Å². The number of hydrogen-bond donors (Lipinski definition) is 1. The number of benzene rings is 3. The molecule has 1 aliphatic rings. The highest BCUT2D eigenvalue weighted by Gasteiger charge is 2.47. The molecule has 2 N–H and O–H groups in total. The second-order valence-electron chi connectivity index (χ2n) is 11.2. The molecule has 0 unspecified atom stereocenters. The highest BCUT2D eigenvalue weighted by atomic mass is 28.4. The quantitative estimate of drug-likeness (QED) is 0.256. The lowest BCUT2D eigenvalue weighted by Gasteiger charge is -2.42. The minimum atomic E-state index is -2.08. The maximum Gasteiger partial charge on any atom is 0.258 e. The molecule has 192 valence electrons. The number of rotatable bonds is 7. The van der Waals surface area contributed by atoms with Gasteiger partial charge in [-0.15, -0.1) is 0 Å². The van der Waals surface area contributed by atoms with E-state index in [4.69, 9.17) is 10.2 Å². The molecule has 1 aliphatic carbocycles. The topological polar surface area (TPSA) is 35.2 Å². The lowest BCUT2D eigenvalue weighted by molar-refractivity contribution is 0.474. The van der Waals surface area contributed by atoms with Crippen LogP contribution in [0.5, 0.6) is 5.75 Å². The predicted octanol–water partition coefficient (Wildman–Crippen LogP) is 8.96. The second-order valence-corrected chi connectivity index (χ2v) is 16.6. The Hall–Kier alpha value is -2.66.